The lowest BCUT2D eigenvalue weighted by Gasteiger charge is -2.44. The maximum absolute atomic E-state index is 12.9. The van der Waals surface area contributed by atoms with E-state index in [9.17, 15) is 18.0 Å². The molecule has 1 atom stereocenters. The number of thiophene rings is 1. The summed E-state index contributed by atoms with van der Waals surface area (Å²) in [6.07, 6.45) is -2.14. The number of nitrogens with one attached hydrogen (secondary N) is 1. The molecule has 1 amide bonds. The number of benzene rings is 1. The zero-order valence-electron chi connectivity index (χ0n) is 14.1. The Labute approximate surface area is 153 Å². The number of nitrogens with zero attached hydrogens (tertiary/aromatic N) is 1. The highest BCUT2D eigenvalue weighted by atomic mass is 32.1. The molecule has 0 spiro atoms. The molecule has 0 aliphatic carbocycles. The van der Waals surface area contributed by atoms with Crippen LogP contribution >= 0.6 is 11.3 Å². The van der Waals surface area contributed by atoms with Gasteiger partial charge in [0.25, 0.3) is 5.91 Å². The predicted octanol–water partition coefficient (Wildman–Crippen LogP) is 4.26. The fourth-order valence-electron chi connectivity index (χ4n) is 3.83. The van der Waals surface area contributed by atoms with E-state index in [1.807, 2.05) is 0 Å². The number of rotatable bonds is 3. The van der Waals surface area contributed by atoms with Gasteiger partial charge in [0.2, 0.25) is 0 Å². The topological polar surface area (TPSA) is 32.3 Å². The summed E-state index contributed by atoms with van der Waals surface area (Å²) in [4.78, 5) is 16.1. The molecule has 7 heteroatoms. The summed E-state index contributed by atoms with van der Waals surface area (Å²) in [5, 5.41) is 3.12. The molecule has 1 N–H and O–H groups in total. The van der Waals surface area contributed by atoms with Crippen molar-refractivity contribution in [2.45, 2.75) is 25.1 Å². The molecule has 26 heavy (non-hydrogen) atoms. The molecule has 2 bridgehead atoms. The second-order valence-electron chi connectivity index (χ2n) is 6.96. The third kappa shape index (κ3) is 3.50. The van der Waals surface area contributed by atoms with Crippen molar-refractivity contribution in [2.24, 2.45) is 5.92 Å². The van der Waals surface area contributed by atoms with Crippen LogP contribution in [0.25, 0.3) is 10.4 Å². The fourth-order valence-corrected chi connectivity index (χ4v) is 4.74. The first-order chi connectivity index (χ1) is 12.4. The van der Waals surface area contributed by atoms with E-state index in [-0.39, 0.29) is 11.9 Å². The Morgan fingerprint density at radius 1 is 1.15 bits per heavy atom. The Hall–Kier alpha value is -1.86. The summed E-state index contributed by atoms with van der Waals surface area (Å²) >= 11 is 1.23. The van der Waals surface area contributed by atoms with Crippen LogP contribution in [0.3, 0.4) is 0 Å². The minimum Gasteiger partial charge on any atom is -0.347 e. The summed E-state index contributed by atoms with van der Waals surface area (Å²) < 4.78 is 38.7. The minimum absolute atomic E-state index is 0.132. The molecule has 4 heterocycles. The van der Waals surface area contributed by atoms with E-state index in [0.29, 0.717) is 21.2 Å². The lowest BCUT2D eigenvalue weighted by atomic mass is 9.84. The highest BCUT2D eigenvalue weighted by molar-refractivity contribution is 7.17. The number of carbonyl (C=O) groups is 1. The van der Waals surface area contributed by atoms with Crippen molar-refractivity contribution in [3.8, 4) is 10.4 Å². The van der Waals surface area contributed by atoms with E-state index in [1.165, 1.54) is 17.4 Å². The molecule has 5 rings (SSSR count). The Bertz CT molecular complexity index is 809. The van der Waals surface area contributed by atoms with Gasteiger partial charge in [0, 0.05) is 17.5 Å². The van der Waals surface area contributed by atoms with Crippen LogP contribution in [0.2, 0.25) is 0 Å². The van der Waals surface area contributed by atoms with Crippen molar-refractivity contribution in [3.63, 3.8) is 0 Å². The highest BCUT2D eigenvalue weighted by Gasteiger charge is 2.35. The van der Waals surface area contributed by atoms with Gasteiger partial charge >= 0.3 is 6.18 Å². The van der Waals surface area contributed by atoms with Crippen molar-refractivity contribution < 1.29 is 18.0 Å². The summed E-state index contributed by atoms with van der Waals surface area (Å²) in [6, 6.07) is 8.78. The van der Waals surface area contributed by atoms with E-state index in [2.05, 4.69) is 10.2 Å². The molecule has 0 radical (unpaired) electrons. The van der Waals surface area contributed by atoms with Gasteiger partial charge < -0.3 is 10.2 Å². The standard InChI is InChI=1S/C19H19F3N2OS/c20-19(21,22)14-3-1-2-13(10-14)16-4-5-17(26-16)18(25)23-15-11-24-8-6-12(15)7-9-24/h1-5,10,12,15H,6-9,11H2,(H,23,25)/t15-/m0/s1. The van der Waals surface area contributed by atoms with Gasteiger partial charge in [0.05, 0.1) is 10.4 Å². The third-order valence-electron chi connectivity index (χ3n) is 5.28. The van der Waals surface area contributed by atoms with Crippen LogP contribution in [0, 0.1) is 5.92 Å². The van der Waals surface area contributed by atoms with Crippen LogP contribution in [0.4, 0.5) is 13.2 Å². The first-order valence-corrected chi connectivity index (χ1v) is 9.52. The molecule has 0 unspecified atom stereocenters. The van der Waals surface area contributed by atoms with Crippen LogP contribution in [-0.4, -0.2) is 36.5 Å². The first-order valence-electron chi connectivity index (χ1n) is 8.71. The maximum atomic E-state index is 12.9. The molecule has 3 aliphatic heterocycles. The van der Waals surface area contributed by atoms with Gasteiger partial charge in [-0.3, -0.25) is 4.79 Å². The number of alkyl halides is 3. The lowest BCUT2D eigenvalue weighted by Crippen LogP contribution is -2.57. The number of carbonyl (C=O) groups excluding carboxylic acids is 1. The first kappa shape index (κ1) is 17.5. The van der Waals surface area contributed by atoms with Crippen molar-refractivity contribution in [1.29, 1.82) is 0 Å². The summed E-state index contributed by atoms with van der Waals surface area (Å²) in [5.41, 5.74) is -0.201. The highest BCUT2D eigenvalue weighted by Crippen LogP contribution is 2.35. The van der Waals surface area contributed by atoms with Gasteiger partial charge in [-0.2, -0.15) is 13.2 Å². The van der Waals surface area contributed by atoms with Gasteiger partial charge in [-0.05, 0) is 61.7 Å². The van der Waals surface area contributed by atoms with Gasteiger partial charge in [-0.1, -0.05) is 12.1 Å². The minimum atomic E-state index is -4.37. The molecular formula is C19H19F3N2OS. The van der Waals surface area contributed by atoms with Crippen LogP contribution in [0.1, 0.15) is 28.1 Å². The number of fused-ring (bicyclic) bond motifs is 3. The molecule has 3 nitrogen and oxygen atoms in total. The van der Waals surface area contributed by atoms with Gasteiger partial charge in [-0.25, -0.2) is 0 Å². The summed E-state index contributed by atoms with van der Waals surface area (Å²) in [5.74, 6) is 0.402. The molecule has 0 saturated carbocycles. The normalized spacial score (nSPS) is 25.3. The number of hydrogen-bond acceptors (Lipinski definition) is 3. The average molecular weight is 380 g/mol. The van der Waals surface area contributed by atoms with Crippen molar-refractivity contribution in [1.82, 2.24) is 10.2 Å². The molecule has 138 valence electrons. The van der Waals surface area contributed by atoms with Crippen molar-refractivity contribution >= 4 is 17.2 Å². The monoisotopic (exact) mass is 380 g/mol. The molecule has 1 aromatic heterocycles. The smallest absolute Gasteiger partial charge is 0.347 e. The van der Waals surface area contributed by atoms with Gasteiger partial charge in [-0.15, -0.1) is 11.3 Å². The van der Waals surface area contributed by atoms with Gasteiger partial charge in [0.15, 0.2) is 0 Å². The summed E-state index contributed by atoms with van der Waals surface area (Å²) in [7, 11) is 0. The largest absolute Gasteiger partial charge is 0.416 e. The fraction of sp³-hybridized carbons (Fsp3) is 0.421. The van der Waals surface area contributed by atoms with Crippen LogP contribution in [0.5, 0.6) is 0 Å². The van der Waals surface area contributed by atoms with E-state index < -0.39 is 11.7 Å². The van der Waals surface area contributed by atoms with Crippen molar-refractivity contribution in [3.05, 3.63) is 46.8 Å². The van der Waals surface area contributed by atoms with E-state index >= 15 is 0 Å². The second kappa shape index (κ2) is 6.70. The molecule has 3 fully saturated rings. The Morgan fingerprint density at radius 2 is 1.92 bits per heavy atom. The number of halogens is 3. The zero-order chi connectivity index (χ0) is 18.3. The Balaban J connectivity index is 1.48. The van der Waals surface area contributed by atoms with E-state index in [0.717, 1.165) is 44.6 Å². The van der Waals surface area contributed by atoms with E-state index in [1.54, 1.807) is 18.2 Å². The van der Waals surface area contributed by atoms with Crippen molar-refractivity contribution in [2.75, 3.05) is 19.6 Å². The van der Waals surface area contributed by atoms with E-state index in [4.69, 9.17) is 0 Å². The zero-order valence-corrected chi connectivity index (χ0v) is 14.9. The Morgan fingerprint density at radius 3 is 2.58 bits per heavy atom. The molecule has 3 aliphatic rings. The SMILES string of the molecule is O=C(N[C@H]1CN2CCC1CC2)c1ccc(-c2cccc(C(F)(F)F)c2)s1. The number of hydrogen-bond donors (Lipinski definition) is 1. The lowest BCUT2D eigenvalue weighted by molar-refractivity contribution is -0.137. The quantitative estimate of drug-likeness (QED) is 0.863. The van der Waals surface area contributed by atoms with Crippen LogP contribution in [-0.2, 0) is 6.18 Å². The number of piperidine rings is 3. The van der Waals surface area contributed by atoms with Gasteiger partial charge in [0.1, 0.15) is 0 Å². The predicted molar refractivity (Wildman–Crippen MR) is 95.2 cm³/mol. The Kier molecular flexibility index (Phi) is 4.52. The second-order valence-corrected chi connectivity index (χ2v) is 8.04. The van der Waals surface area contributed by atoms with Crippen LogP contribution < -0.4 is 5.32 Å². The maximum Gasteiger partial charge on any atom is 0.416 e. The average Bonchev–Trinajstić information content (AvgIpc) is 3.12. The summed E-state index contributed by atoms with van der Waals surface area (Å²) in [6.45, 7) is 3.10. The number of amides is 1. The molecular weight excluding hydrogens is 361 g/mol. The van der Waals surface area contributed by atoms with Crippen LogP contribution in [0.15, 0.2) is 36.4 Å². The molecule has 2 aromatic rings. The molecule has 3 saturated heterocycles. The third-order valence-corrected chi connectivity index (χ3v) is 6.41. The molecule has 1 aromatic carbocycles.